The number of nitrogens with two attached hydrogens (primary N) is 1. The molecule has 0 unspecified atom stereocenters. The van der Waals surface area contributed by atoms with E-state index in [1.807, 2.05) is 0 Å². The van der Waals surface area contributed by atoms with E-state index >= 15 is 0 Å². The summed E-state index contributed by atoms with van der Waals surface area (Å²) in [5.74, 6) is -1.52. The lowest BCUT2D eigenvalue weighted by molar-refractivity contribution is -0.138. The topological polar surface area (TPSA) is 67.5 Å². The van der Waals surface area contributed by atoms with Gasteiger partial charge in [-0.05, 0) is 23.6 Å². The first-order chi connectivity index (χ1) is 9.16. The Bertz CT molecular complexity index is 545. The largest absolute Gasteiger partial charge is 0.416 e. The maximum atomic E-state index is 13.0. The Morgan fingerprint density at radius 2 is 1.95 bits per heavy atom. The van der Waals surface area contributed by atoms with Crippen molar-refractivity contribution in [3.8, 4) is 0 Å². The van der Waals surface area contributed by atoms with E-state index in [0.29, 0.717) is 0 Å². The number of amides is 1. The fraction of sp³-hybridized carbons (Fsp3) is 0.333. The first-order valence-corrected chi connectivity index (χ1v) is 5.97. The zero-order chi connectivity index (χ0) is 15.5. The first-order valence-electron chi connectivity index (χ1n) is 5.63. The van der Waals surface area contributed by atoms with Crippen LogP contribution in [0.2, 0.25) is 0 Å². The van der Waals surface area contributed by atoms with Gasteiger partial charge in [0, 0.05) is 17.3 Å². The van der Waals surface area contributed by atoms with Crippen LogP contribution < -0.4 is 11.1 Å². The van der Waals surface area contributed by atoms with Crippen LogP contribution in [0.25, 0.3) is 0 Å². The molecule has 1 amide bonds. The van der Waals surface area contributed by atoms with Crippen molar-refractivity contribution in [3.63, 3.8) is 0 Å². The molecule has 1 aromatic rings. The number of halogens is 5. The molecule has 4 nitrogen and oxygen atoms in total. The summed E-state index contributed by atoms with van der Waals surface area (Å²) < 4.78 is 41.9. The molecule has 0 atom stereocenters. The third kappa shape index (κ3) is 5.09. The van der Waals surface area contributed by atoms with Crippen molar-refractivity contribution in [1.29, 1.82) is 0 Å². The van der Waals surface area contributed by atoms with Crippen molar-refractivity contribution in [2.24, 2.45) is 10.2 Å². The van der Waals surface area contributed by atoms with Gasteiger partial charge in [-0.15, -0.1) is 16.9 Å². The van der Waals surface area contributed by atoms with Gasteiger partial charge < -0.3 is 5.73 Å². The van der Waals surface area contributed by atoms with Gasteiger partial charge in [0.15, 0.2) is 0 Å². The number of carbonyl (C=O) groups is 1. The number of hydrogen-bond donors (Lipinski definition) is 2. The number of nitrogens with zero attached hydrogens (tertiary/aromatic N) is 1. The van der Waals surface area contributed by atoms with Crippen molar-refractivity contribution < 1.29 is 18.0 Å². The molecule has 0 aromatic heterocycles. The van der Waals surface area contributed by atoms with Gasteiger partial charge in [-0.25, -0.2) is 0 Å². The van der Waals surface area contributed by atoms with Gasteiger partial charge in [0.1, 0.15) is 0 Å². The van der Waals surface area contributed by atoms with Crippen LogP contribution in [0, 0.1) is 0 Å². The summed E-state index contributed by atoms with van der Waals surface area (Å²) in [7, 11) is 0. The van der Waals surface area contributed by atoms with E-state index in [0.717, 1.165) is 6.07 Å². The lowest BCUT2D eigenvalue weighted by Gasteiger charge is -2.16. The van der Waals surface area contributed by atoms with Gasteiger partial charge >= 0.3 is 6.18 Å². The van der Waals surface area contributed by atoms with Crippen LogP contribution in [0.1, 0.15) is 41.3 Å². The molecule has 9 heteroatoms. The number of hydrogen-bond acceptors (Lipinski definition) is 2. The number of rotatable bonds is 2. The smallest absolute Gasteiger partial charge is 0.369 e. The Hall–Kier alpha value is -1.47. The van der Waals surface area contributed by atoms with E-state index in [1.165, 1.54) is 12.1 Å². The summed E-state index contributed by atoms with van der Waals surface area (Å²) in [6.07, 6.45) is -4.54. The van der Waals surface area contributed by atoms with Gasteiger partial charge in [0.05, 0.1) is 5.56 Å². The van der Waals surface area contributed by atoms with Gasteiger partial charge in [-0.2, -0.15) is 13.2 Å². The van der Waals surface area contributed by atoms with Crippen molar-refractivity contribution in [3.05, 3.63) is 34.9 Å². The van der Waals surface area contributed by atoms with Gasteiger partial charge in [-0.1, -0.05) is 19.9 Å². The van der Waals surface area contributed by atoms with Gasteiger partial charge in [0.25, 0.3) is 5.91 Å². The van der Waals surface area contributed by atoms with Crippen LogP contribution in [0.3, 0.4) is 0 Å². The molecule has 0 bridgehead atoms. The molecule has 0 spiro atoms. The zero-order valence-corrected chi connectivity index (χ0v) is 12.7. The molecule has 0 saturated carbocycles. The highest BCUT2D eigenvalue weighted by atomic mass is 35.5. The molecule has 0 aliphatic carbocycles. The molecular formula is C12H14Cl2F3N3O. The predicted molar refractivity (Wildman–Crippen MR) is 77.7 cm³/mol. The number of benzene rings is 1. The molecule has 0 aliphatic heterocycles. The van der Waals surface area contributed by atoms with Crippen LogP contribution in [-0.2, 0) is 6.18 Å². The van der Waals surface area contributed by atoms with Crippen LogP contribution in [0.4, 0.5) is 13.2 Å². The molecular weight excluding hydrogens is 330 g/mol. The molecule has 1 aromatic carbocycles. The zero-order valence-electron chi connectivity index (χ0n) is 11.2. The second-order valence-corrected chi connectivity index (χ2v) is 4.55. The van der Waals surface area contributed by atoms with E-state index in [2.05, 4.69) is 9.83 Å². The van der Waals surface area contributed by atoms with Crippen molar-refractivity contribution in [2.75, 3.05) is 0 Å². The Balaban J connectivity index is 0.00000400. The van der Waals surface area contributed by atoms with Crippen LogP contribution in [0.15, 0.2) is 22.7 Å². The van der Waals surface area contributed by atoms with Gasteiger partial charge in [0.2, 0.25) is 5.96 Å². The third-order valence-electron chi connectivity index (χ3n) is 2.58. The predicted octanol–water partition coefficient (Wildman–Crippen LogP) is 3.45. The standard InChI is InChI=1S/C12H13ClF3N3O.ClH/c1-6(2)8-4-3-7(5-9(8)12(14,15)16)10(20)18-11(17)19-13;/h3-6H,1-2H3,(H3,17,18,19,20);1H. The Morgan fingerprint density at radius 3 is 2.38 bits per heavy atom. The molecule has 1 rings (SSSR count). The van der Waals surface area contributed by atoms with Gasteiger partial charge in [-0.3, -0.25) is 10.1 Å². The summed E-state index contributed by atoms with van der Waals surface area (Å²) in [6, 6.07) is 3.35. The van der Waals surface area contributed by atoms with E-state index in [9.17, 15) is 18.0 Å². The summed E-state index contributed by atoms with van der Waals surface area (Å²) in [5.41, 5.74) is 4.27. The second kappa shape index (κ2) is 7.51. The summed E-state index contributed by atoms with van der Waals surface area (Å²) in [5, 5.41) is 2.06. The molecule has 0 heterocycles. The maximum absolute atomic E-state index is 13.0. The highest BCUT2D eigenvalue weighted by molar-refractivity contribution is 6.21. The van der Waals surface area contributed by atoms with E-state index in [4.69, 9.17) is 17.5 Å². The SMILES string of the molecule is CC(C)c1ccc(C(=O)NC(N)=NCl)cc1C(F)(F)F.Cl. The Labute approximate surface area is 131 Å². The monoisotopic (exact) mass is 343 g/mol. The summed E-state index contributed by atoms with van der Waals surface area (Å²) >= 11 is 5.02. The minimum absolute atomic E-state index is 0. The van der Waals surface area contributed by atoms with Crippen LogP contribution in [-0.4, -0.2) is 11.9 Å². The maximum Gasteiger partial charge on any atom is 0.416 e. The molecule has 118 valence electrons. The summed E-state index contributed by atoms with van der Waals surface area (Å²) in [6.45, 7) is 3.28. The molecule has 0 fully saturated rings. The lowest BCUT2D eigenvalue weighted by Crippen LogP contribution is -2.36. The Kier molecular flexibility index (Phi) is 6.99. The van der Waals surface area contributed by atoms with E-state index < -0.39 is 23.6 Å². The fourth-order valence-electron chi connectivity index (χ4n) is 1.66. The van der Waals surface area contributed by atoms with Crippen LogP contribution in [0.5, 0.6) is 0 Å². The highest BCUT2D eigenvalue weighted by Crippen LogP contribution is 2.35. The third-order valence-corrected chi connectivity index (χ3v) is 2.76. The number of carbonyl (C=O) groups excluding carboxylic acids is 1. The van der Waals surface area contributed by atoms with E-state index in [-0.39, 0.29) is 29.5 Å². The minimum Gasteiger partial charge on any atom is -0.369 e. The molecule has 21 heavy (non-hydrogen) atoms. The fourth-order valence-corrected chi connectivity index (χ4v) is 1.70. The number of alkyl halides is 3. The Morgan fingerprint density at radius 1 is 1.38 bits per heavy atom. The number of guanidine groups is 1. The minimum atomic E-state index is -4.54. The first kappa shape index (κ1) is 19.5. The number of nitrogens with one attached hydrogen (secondary N) is 1. The van der Waals surface area contributed by atoms with Crippen molar-refractivity contribution in [1.82, 2.24) is 5.32 Å². The molecule has 0 saturated heterocycles. The van der Waals surface area contributed by atoms with Crippen molar-refractivity contribution in [2.45, 2.75) is 25.9 Å². The molecule has 3 N–H and O–H groups in total. The average Bonchev–Trinajstić information content (AvgIpc) is 2.36. The van der Waals surface area contributed by atoms with E-state index in [1.54, 1.807) is 13.8 Å². The molecule has 0 aliphatic rings. The van der Waals surface area contributed by atoms with Crippen LogP contribution >= 0.6 is 24.2 Å². The molecule has 0 radical (unpaired) electrons. The second-order valence-electron chi connectivity index (χ2n) is 4.38. The average molecular weight is 344 g/mol. The quantitative estimate of drug-likeness (QED) is 0.637. The van der Waals surface area contributed by atoms with Crippen molar-refractivity contribution >= 4 is 36.1 Å². The highest BCUT2D eigenvalue weighted by Gasteiger charge is 2.34. The normalized spacial score (nSPS) is 12.0. The lowest BCUT2D eigenvalue weighted by atomic mass is 9.94. The summed E-state index contributed by atoms with van der Waals surface area (Å²) in [4.78, 5) is 11.7.